The normalized spacial score (nSPS) is 16.4. The molecule has 0 radical (unpaired) electrons. The van der Waals surface area contributed by atoms with Gasteiger partial charge in [-0.3, -0.25) is 0 Å². The van der Waals surface area contributed by atoms with Crippen LogP contribution in [0.2, 0.25) is 0 Å². The number of thiocarbonyl (C=S) groups is 1. The van der Waals surface area contributed by atoms with Gasteiger partial charge in [-0.25, -0.2) is 0 Å². The summed E-state index contributed by atoms with van der Waals surface area (Å²) in [5.74, 6) is 0.792. The van der Waals surface area contributed by atoms with Gasteiger partial charge in [0.05, 0.1) is 11.6 Å². The number of alkyl halides is 3. The highest BCUT2D eigenvalue weighted by atomic mass is 32.1. The average molecular weight is 422 g/mol. The predicted octanol–water partition coefficient (Wildman–Crippen LogP) is 5.99. The quantitative estimate of drug-likeness (QED) is 0.593. The summed E-state index contributed by atoms with van der Waals surface area (Å²) in [5, 5.41) is 6.25. The molecule has 1 aliphatic heterocycles. The molecule has 3 nitrogen and oxygen atoms in total. The minimum atomic E-state index is -4.38. The molecule has 1 fully saturated rings. The summed E-state index contributed by atoms with van der Waals surface area (Å²) >= 11 is 5.28. The molecule has 0 amide bonds. The van der Waals surface area contributed by atoms with Crippen molar-refractivity contribution < 1.29 is 13.2 Å². The molecule has 7 heteroatoms. The largest absolute Gasteiger partial charge is 0.416 e. The van der Waals surface area contributed by atoms with Crippen LogP contribution >= 0.6 is 12.2 Å². The number of benzene rings is 2. The Kier molecular flexibility index (Phi) is 6.67. The van der Waals surface area contributed by atoms with Gasteiger partial charge in [-0.05, 0) is 73.8 Å². The minimum absolute atomic E-state index is 0.0729. The zero-order chi connectivity index (χ0) is 21.0. The molecule has 3 rings (SSSR count). The predicted molar refractivity (Wildman–Crippen MR) is 116 cm³/mol. The Morgan fingerprint density at radius 3 is 2.38 bits per heavy atom. The summed E-state index contributed by atoms with van der Waals surface area (Å²) < 4.78 is 38.5. The Morgan fingerprint density at radius 2 is 1.76 bits per heavy atom. The van der Waals surface area contributed by atoms with Gasteiger partial charge in [-0.2, -0.15) is 13.2 Å². The van der Waals surface area contributed by atoms with E-state index in [1.54, 1.807) is 6.07 Å². The molecular weight excluding hydrogens is 395 g/mol. The maximum Gasteiger partial charge on any atom is 0.416 e. The van der Waals surface area contributed by atoms with Crippen molar-refractivity contribution in [3.05, 3.63) is 59.7 Å². The van der Waals surface area contributed by atoms with Gasteiger partial charge in [0.25, 0.3) is 0 Å². The van der Waals surface area contributed by atoms with Crippen molar-refractivity contribution in [3.63, 3.8) is 0 Å². The average Bonchev–Trinajstić information content (AvgIpc) is 2.68. The fourth-order valence-corrected chi connectivity index (χ4v) is 3.76. The van der Waals surface area contributed by atoms with Crippen LogP contribution in [0.4, 0.5) is 24.5 Å². The fourth-order valence-electron chi connectivity index (χ4n) is 3.46. The third kappa shape index (κ3) is 5.85. The topological polar surface area (TPSA) is 27.3 Å². The highest BCUT2D eigenvalue weighted by molar-refractivity contribution is 7.80. The molecule has 0 aliphatic carbocycles. The number of hydrogen-bond acceptors (Lipinski definition) is 2. The molecule has 2 aromatic rings. The van der Waals surface area contributed by atoms with E-state index in [0.717, 1.165) is 36.7 Å². The van der Waals surface area contributed by atoms with Gasteiger partial charge < -0.3 is 15.5 Å². The molecule has 29 heavy (non-hydrogen) atoms. The number of nitrogens with one attached hydrogen (secondary N) is 2. The molecule has 0 spiro atoms. The Hall–Kier alpha value is -2.28. The van der Waals surface area contributed by atoms with Crippen LogP contribution in [0.15, 0.2) is 48.5 Å². The van der Waals surface area contributed by atoms with Crippen LogP contribution in [-0.4, -0.2) is 18.2 Å². The number of halogens is 3. The number of nitrogens with zero attached hydrogens (tertiary/aromatic N) is 1. The van der Waals surface area contributed by atoms with Gasteiger partial charge in [0.1, 0.15) is 0 Å². The van der Waals surface area contributed by atoms with E-state index < -0.39 is 11.7 Å². The van der Waals surface area contributed by atoms with Gasteiger partial charge in [0, 0.05) is 24.5 Å². The fraction of sp³-hybridized carbons (Fsp3) is 0.409. The zero-order valence-electron chi connectivity index (χ0n) is 16.6. The van der Waals surface area contributed by atoms with Crippen LogP contribution in [0.1, 0.15) is 43.9 Å². The van der Waals surface area contributed by atoms with E-state index in [1.807, 2.05) is 6.92 Å². The lowest BCUT2D eigenvalue weighted by molar-refractivity contribution is -0.137. The molecule has 0 bridgehead atoms. The number of anilines is 2. The Labute approximate surface area is 175 Å². The van der Waals surface area contributed by atoms with Crippen LogP contribution in [-0.2, 0) is 6.18 Å². The van der Waals surface area contributed by atoms with Crippen LogP contribution in [0.3, 0.4) is 0 Å². The summed E-state index contributed by atoms with van der Waals surface area (Å²) in [7, 11) is 0. The molecule has 1 atom stereocenters. The number of rotatable bonds is 4. The lowest BCUT2D eigenvalue weighted by atomic mass is 9.98. The monoisotopic (exact) mass is 421 g/mol. The second-order valence-electron chi connectivity index (χ2n) is 7.66. The second-order valence-corrected chi connectivity index (χ2v) is 8.07. The van der Waals surface area contributed by atoms with E-state index in [1.165, 1.54) is 24.6 Å². The highest BCUT2D eigenvalue weighted by Gasteiger charge is 2.30. The first-order chi connectivity index (χ1) is 13.7. The standard InChI is InChI=1S/C22H26F3N3S/c1-15-10-12-28(13-11-15)20-8-6-17(7-9-20)16(2)26-21(29)27-19-5-3-4-18(14-19)22(23,24)25/h3-9,14-16H,10-13H2,1-2H3,(H2,26,27,29)/t16-/m0/s1. The molecular formula is C22H26F3N3S. The minimum Gasteiger partial charge on any atom is -0.372 e. The summed E-state index contributed by atoms with van der Waals surface area (Å²) in [4.78, 5) is 2.40. The summed E-state index contributed by atoms with van der Waals surface area (Å²) in [6, 6.07) is 13.3. The first-order valence-electron chi connectivity index (χ1n) is 9.82. The smallest absolute Gasteiger partial charge is 0.372 e. The molecule has 2 aromatic carbocycles. The van der Waals surface area contributed by atoms with E-state index in [0.29, 0.717) is 5.69 Å². The Morgan fingerprint density at radius 1 is 1.10 bits per heavy atom. The van der Waals surface area contributed by atoms with E-state index in [2.05, 4.69) is 46.7 Å². The Bertz CT molecular complexity index is 828. The maximum atomic E-state index is 12.8. The van der Waals surface area contributed by atoms with Crippen molar-refractivity contribution >= 4 is 28.7 Å². The second kappa shape index (κ2) is 9.03. The third-order valence-electron chi connectivity index (χ3n) is 5.34. The first-order valence-corrected chi connectivity index (χ1v) is 10.2. The number of hydrogen-bond donors (Lipinski definition) is 2. The zero-order valence-corrected chi connectivity index (χ0v) is 17.4. The van der Waals surface area contributed by atoms with Gasteiger partial charge >= 0.3 is 6.18 Å². The van der Waals surface area contributed by atoms with E-state index in [4.69, 9.17) is 12.2 Å². The molecule has 0 unspecified atom stereocenters. The molecule has 1 aliphatic rings. The van der Waals surface area contributed by atoms with Crippen LogP contribution in [0, 0.1) is 5.92 Å². The van der Waals surface area contributed by atoms with E-state index >= 15 is 0 Å². The summed E-state index contributed by atoms with van der Waals surface area (Å²) in [5.41, 5.74) is 1.88. The first kappa shape index (κ1) is 21.4. The van der Waals surface area contributed by atoms with Gasteiger partial charge in [-0.15, -0.1) is 0 Å². The van der Waals surface area contributed by atoms with Crippen molar-refractivity contribution in [3.8, 4) is 0 Å². The van der Waals surface area contributed by atoms with Gasteiger partial charge in [0.2, 0.25) is 0 Å². The van der Waals surface area contributed by atoms with Crippen molar-refractivity contribution in [2.45, 2.75) is 38.9 Å². The van der Waals surface area contributed by atoms with Crippen LogP contribution < -0.4 is 15.5 Å². The lowest BCUT2D eigenvalue weighted by Gasteiger charge is -2.32. The van der Waals surface area contributed by atoms with Crippen molar-refractivity contribution in [2.24, 2.45) is 5.92 Å². The SMILES string of the molecule is CC1CCN(c2ccc([C@H](C)NC(=S)Nc3cccc(C(F)(F)F)c3)cc2)CC1. The van der Waals surface area contributed by atoms with Crippen LogP contribution in [0.5, 0.6) is 0 Å². The highest BCUT2D eigenvalue weighted by Crippen LogP contribution is 2.30. The van der Waals surface area contributed by atoms with E-state index in [-0.39, 0.29) is 11.2 Å². The molecule has 1 heterocycles. The van der Waals surface area contributed by atoms with Gasteiger partial charge in [-0.1, -0.05) is 25.1 Å². The maximum absolute atomic E-state index is 12.8. The molecule has 156 valence electrons. The third-order valence-corrected chi connectivity index (χ3v) is 5.56. The Balaban J connectivity index is 1.57. The number of piperidine rings is 1. The van der Waals surface area contributed by atoms with Crippen molar-refractivity contribution in [2.75, 3.05) is 23.3 Å². The molecule has 0 aromatic heterocycles. The lowest BCUT2D eigenvalue weighted by Crippen LogP contribution is -2.33. The van der Waals surface area contributed by atoms with Gasteiger partial charge in [0.15, 0.2) is 5.11 Å². The van der Waals surface area contributed by atoms with Crippen molar-refractivity contribution in [1.29, 1.82) is 0 Å². The molecule has 0 saturated carbocycles. The van der Waals surface area contributed by atoms with Crippen molar-refractivity contribution in [1.82, 2.24) is 5.32 Å². The molecule has 1 saturated heterocycles. The summed E-state index contributed by atoms with van der Waals surface area (Å²) in [6.45, 7) is 6.43. The molecule has 2 N–H and O–H groups in total. The van der Waals surface area contributed by atoms with E-state index in [9.17, 15) is 13.2 Å². The summed E-state index contributed by atoms with van der Waals surface area (Å²) in [6.07, 6.45) is -1.95. The van der Waals surface area contributed by atoms with Crippen LogP contribution in [0.25, 0.3) is 0 Å².